The monoisotopic (exact) mass is 763 g/mol. The van der Waals surface area contributed by atoms with Crippen LogP contribution in [0.15, 0.2) is 72.8 Å². The van der Waals surface area contributed by atoms with E-state index in [1.54, 1.807) is 44.5 Å². The first kappa shape index (κ1) is 36.8. The Bertz CT molecular complexity index is 2210. The lowest BCUT2D eigenvalue weighted by molar-refractivity contribution is 0.617. The first-order chi connectivity index (χ1) is 28.7. The largest absolute Gasteiger partial charge is 0.311 e. The summed E-state index contributed by atoms with van der Waals surface area (Å²) in [6.45, 7) is 2.57. The number of aryl methyl sites for hydroxylation is 9. The predicted molar refractivity (Wildman–Crippen MR) is 249 cm³/mol. The van der Waals surface area contributed by atoms with Crippen molar-refractivity contribution in [3.8, 4) is 0 Å². The van der Waals surface area contributed by atoms with Crippen LogP contribution >= 0.6 is 0 Å². The molecule has 0 fully saturated rings. The van der Waals surface area contributed by atoms with E-state index in [-0.39, 0.29) is 6.71 Å². The molecule has 4 aliphatic carbocycles. The molecular weight excluding hydrogens is 699 g/mol. The van der Waals surface area contributed by atoms with Gasteiger partial charge in [-0.2, -0.15) is 0 Å². The fraction of sp³-hybridized carbons (Fsp3) is 0.455. The normalized spacial score (nSPS) is 19.1. The van der Waals surface area contributed by atoms with E-state index in [2.05, 4.69) is 89.5 Å². The molecule has 0 N–H and O–H groups in total. The molecule has 0 unspecified atom stereocenters. The molecule has 0 aromatic heterocycles. The second-order valence-corrected chi connectivity index (χ2v) is 19.2. The Morgan fingerprint density at radius 3 is 1.03 bits per heavy atom. The average molecular weight is 763 g/mol. The predicted octanol–water partition coefficient (Wildman–Crippen LogP) is 12.7. The summed E-state index contributed by atoms with van der Waals surface area (Å²) in [6.07, 6.45) is 31.0. The number of benzene rings is 5. The van der Waals surface area contributed by atoms with Gasteiger partial charge < -0.3 is 9.80 Å². The van der Waals surface area contributed by atoms with E-state index in [4.69, 9.17) is 0 Å². The smallest absolute Gasteiger partial charge is 0.252 e. The molecule has 2 aliphatic heterocycles. The summed E-state index contributed by atoms with van der Waals surface area (Å²) >= 11 is 0. The van der Waals surface area contributed by atoms with Gasteiger partial charge in [-0.3, -0.25) is 0 Å². The number of hydrogen-bond donors (Lipinski definition) is 0. The van der Waals surface area contributed by atoms with Crippen molar-refractivity contribution >= 4 is 57.2 Å². The van der Waals surface area contributed by atoms with Crippen LogP contribution in [0, 0.1) is 6.92 Å². The first-order valence-corrected chi connectivity index (χ1v) is 24.0. The molecule has 6 aliphatic rings. The molecule has 0 amide bonds. The second kappa shape index (κ2) is 15.7. The summed E-state index contributed by atoms with van der Waals surface area (Å²) in [5, 5.41) is 0. The van der Waals surface area contributed by atoms with Crippen LogP contribution in [0.25, 0.3) is 0 Å². The molecule has 11 rings (SSSR count). The highest BCUT2D eigenvalue weighted by molar-refractivity contribution is 7.00. The molecule has 2 heterocycles. The van der Waals surface area contributed by atoms with E-state index < -0.39 is 0 Å². The maximum Gasteiger partial charge on any atom is 0.252 e. The van der Waals surface area contributed by atoms with Crippen LogP contribution in [-0.4, -0.2) is 6.71 Å². The van der Waals surface area contributed by atoms with Gasteiger partial charge in [0, 0.05) is 34.1 Å². The van der Waals surface area contributed by atoms with Gasteiger partial charge in [0.2, 0.25) is 0 Å². The molecule has 0 atom stereocenters. The molecule has 0 spiro atoms. The van der Waals surface area contributed by atoms with Crippen LogP contribution in [0.3, 0.4) is 0 Å². The van der Waals surface area contributed by atoms with Gasteiger partial charge in [0.1, 0.15) is 0 Å². The molecule has 5 aromatic rings. The van der Waals surface area contributed by atoms with E-state index >= 15 is 0 Å². The number of anilines is 6. The second-order valence-electron chi connectivity index (χ2n) is 19.2. The van der Waals surface area contributed by atoms with Crippen molar-refractivity contribution < 1.29 is 0 Å². The van der Waals surface area contributed by atoms with Crippen molar-refractivity contribution in [2.75, 3.05) is 9.80 Å². The first-order valence-electron chi connectivity index (χ1n) is 24.0. The Morgan fingerprint density at radius 1 is 0.328 bits per heavy atom. The average Bonchev–Trinajstić information content (AvgIpc) is 3.18. The fourth-order valence-corrected chi connectivity index (χ4v) is 12.3. The minimum Gasteiger partial charge on any atom is -0.311 e. The van der Waals surface area contributed by atoms with Crippen LogP contribution in [0.2, 0.25) is 0 Å². The third-order valence-electron chi connectivity index (χ3n) is 15.3. The van der Waals surface area contributed by atoms with E-state index in [1.807, 2.05) is 0 Å². The van der Waals surface area contributed by atoms with Gasteiger partial charge in [-0.1, -0.05) is 75.6 Å². The molecule has 296 valence electrons. The molecule has 2 nitrogen and oxygen atoms in total. The van der Waals surface area contributed by atoms with Crippen molar-refractivity contribution in [3.05, 3.63) is 123 Å². The van der Waals surface area contributed by atoms with Crippen molar-refractivity contribution in [2.45, 2.75) is 161 Å². The maximum absolute atomic E-state index is 2.74. The van der Waals surface area contributed by atoms with Crippen molar-refractivity contribution in [1.29, 1.82) is 0 Å². The molecular formula is C55H63BN2. The minimum absolute atomic E-state index is 0.211. The van der Waals surface area contributed by atoms with Crippen LogP contribution in [0.5, 0.6) is 0 Å². The third-order valence-corrected chi connectivity index (χ3v) is 15.3. The van der Waals surface area contributed by atoms with E-state index in [0.717, 1.165) is 0 Å². The minimum atomic E-state index is 0.211. The molecule has 0 bridgehead atoms. The highest BCUT2D eigenvalue weighted by Crippen LogP contribution is 2.47. The zero-order valence-corrected chi connectivity index (χ0v) is 35.4. The summed E-state index contributed by atoms with van der Waals surface area (Å²) in [5.41, 5.74) is 27.1. The number of fused-ring (bicyclic) bond motifs is 8. The highest BCUT2D eigenvalue weighted by Gasteiger charge is 2.44. The Balaban J connectivity index is 1.18. The summed E-state index contributed by atoms with van der Waals surface area (Å²) in [6, 6.07) is 31.2. The summed E-state index contributed by atoms with van der Waals surface area (Å²) in [5.74, 6) is 0. The lowest BCUT2D eigenvalue weighted by atomic mass is 9.33. The van der Waals surface area contributed by atoms with E-state index in [1.165, 1.54) is 210 Å². The van der Waals surface area contributed by atoms with Crippen LogP contribution in [0.4, 0.5) is 34.1 Å². The fourth-order valence-electron chi connectivity index (χ4n) is 12.3. The lowest BCUT2D eigenvalue weighted by Crippen LogP contribution is -2.61. The van der Waals surface area contributed by atoms with Crippen molar-refractivity contribution in [1.82, 2.24) is 0 Å². The Kier molecular flexibility index (Phi) is 9.99. The highest BCUT2D eigenvalue weighted by atomic mass is 15.2. The lowest BCUT2D eigenvalue weighted by Gasteiger charge is -2.45. The number of nitrogens with zero attached hydrogens (tertiary/aromatic N) is 2. The van der Waals surface area contributed by atoms with Gasteiger partial charge in [0.25, 0.3) is 6.71 Å². The Labute approximate surface area is 349 Å². The summed E-state index contributed by atoms with van der Waals surface area (Å²) < 4.78 is 0. The van der Waals surface area contributed by atoms with E-state index in [9.17, 15) is 0 Å². The van der Waals surface area contributed by atoms with Gasteiger partial charge in [0.05, 0.1) is 0 Å². The van der Waals surface area contributed by atoms with Gasteiger partial charge in [-0.25, -0.2) is 0 Å². The molecule has 3 heteroatoms. The maximum atomic E-state index is 2.74. The molecule has 5 aromatic carbocycles. The zero-order valence-electron chi connectivity index (χ0n) is 35.4. The van der Waals surface area contributed by atoms with E-state index in [0.29, 0.717) is 0 Å². The molecule has 0 saturated heterocycles. The Morgan fingerprint density at radius 2 is 0.655 bits per heavy atom. The molecule has 0 saturated carbocycles. The van der Waals surface area contributed by atoms with Crippen LogP contribution < -0.4 is 26.2 Å². The van der Waals surface area contributed by atoms with Crippen LogP contribution in [-0.2, 0) is 51.4 Å². The van der Waals surface area contributed by atoms with Gasteiger partial charge in [-0.05, 0) is 225 Å². The molecule has 0 radical (unpaired) electrons. The Hall–Kier alpha value is -4.24. The van der Waals surface area contributed by atoms with Crippen molar-refractivity contribution in [2.24, 2.45) is 0 Å². The van der Waals surface area contributed by atoms with Gasteiger partial charge in [0.15, 0.2) is 0 Å². The third kappa shape index (κ3) is 6.64. The van der Waals surface area contributed by atoms with Crippen molar-refractivity contribution in [3.63, 3.8) is 0 Å². The standard InChI is InChI=1S/C55H63BN2/c1-38-30-53-55-54(31-38)58(48-29-27-40-19-11-3-5-13-21-42(40)33-48)52-37-46-25-17-9-7-15-23-44(46)35-50(52)56(55)49-34-43-22-14-6-8-16-24-45(43)36-51(49)57(53)47-28-26-39-18-10-2-4-12-20-41(39)32-47/h26-37H,2-25H2,1H3. The zero-order chi connectivity index (χ0) is 38.6. The SMILES string of the molecule is Cc1cc2c3c(c1)N(c1ccc4c(c1)CCCCCC4)c1cc4c(cc1B3c1cc3c(cc1N2c1ccc2c(c1)CCCCCC2)CCCCCC3)CCCCCC4. The summed E-state index contributed by atoms with van der Waals surface area (Å²) in [4.78, 5) is 5.49. The topological polar surface area (TPSA) is 6.48 Å². The number of hydrogen-bond acceptors (Lipinski definition) is 2. The number of rotatable bonds is 2. The van der Waals surface area contributed by atoms with Crippen LogP contribution in [0.1, 0.15) is 153 Å². The van der Waals surface area contributed by atoms with Gasteiger partial charge in [-0.15, -0.1) is 0 Å². The molecule has 58 heavy (non-hydrogen) atoms. The summed E-state index contributed by atoms with van der Waals surface area (Å²) in [7, 11) is 0. The quantitative estimate of drug-likeness (QED) is 0.162. The van der Waals surface area contributed by atoms with Gasteiger partial charge >= 0.3 is 0 Å².